The molecule has 0 fully saturated rings. The number of hydrogen-bond acceptors (Lipinski definition) is 3. The van der Waals surface area contributed by atoms with E-state index in [0.29, 0.717) is 6.61 Å². The largest absolute Gasteiger partial charge is 0.466 e. The van der Waals surface area contributed by atoms with Crippen LogP contribution in [0.3, 0.4) is 0 Å². The third-order valence-electron chi connectivity index (χ3n) is 2.17. The summed E-state index contributed by atoms with van der Waals surface area (Å²) in [5.41, 5.74) is -0.815. The van der Waals surface area contributed by atoms with Crippen LogP contribution in [-0.4, -0.2) is 23.8 Å². The molecule has 1 N–H and O–H groups in total. The predicted octanol–water partition coefficient (Wildman–Crippen LogP) is 1.59. The lowest BCUT2D eigenvalue weighted by molar-refractivity contribution is -0.161. The molecule has 0 radical (unpaired) electrons. The monoisotopic (exact) mass is 188 g/mol. The number of aliphatic hydroxyl groups excluding tert-OH is 1. The molecule has 3 nitrogen and oxygen atoms in total. The molecule has 0 amide bonds. The van der Waals surface area contributed by atoms with E-state index >= 15 is 0 Å². The third-order valence-corrected chi connectivity index (χ3v) is 2.17. The summed E-state index contributed by atoms with van der Waals surface area (Å²) in [6.07, 6.45) is -0.661. The Bertz CT molecular complexity index is 173. The minimum Gasteiger partial charge on any atom is -0.466 e. The molecule has 0 aliphatic carbocycles. The summed E-state index contributed by atoms with van der Waals surface area (Å²) in [5, 5.41) is 9.75. The molecule has 0 unspecified atom stereocenters. The van der Waals surface area contributed by atoms with Crippen LogP contribution in [-0.2, 0) is 9.53 Å². The van der Waals surface area contributed by atoms with Crippen LogP contribution in [0.1, 0.15) is 34.6 Å². The van der Waals surface area contributed by atoms with Crippen molar-refractivity contribution >= 4 is 5.97 Å². The van der Waals surface area contributed by atoms with Gasteiger partial charge in [0.25, 0.3) is 0 Å². The van der Waals surface area contributed by atoms with Crippen LogP contribution in [0.25, 0.3) is 0 Å². The van der Waals surface area contributed by atoms with Crippen molar-refractivity contribution in [1.29, 1.82) is 0 Å². The second-order valence-electron chi connectivity index (χ2n) is 4.13. The molecule has 0 bridgehead atoms. The zero-order chi connectivity index (χ0) is 10.6. The molecule has 1 atom stereocenters. The Morgan fingerprint density at radius 2 is 1.92 bits per heavy atom. The van der Waals surface area contributed by atoms with Gasteiger partial charge in [-0.05, 0) is 26.7 Å². The molecule has 0 saturated carbocycles. The van der Waals surface area contributed by atoms with Crippen LogP contribution >= 0.6 is 0 Å². The third kappa shape index (κ3) is 2.99. The highest BCUT2D eigenvalue weighted by atomic mass is 16.5. The molecule has 0 rings (SSSR count). The minimum atomic E-state index is -0.815. The number of carbonyl (C=O) groups is 1. The van der Waals surface area contributed by atoms with E-state index in [-0.39, 0.29) is 11.9 Å². The fourth-order valence-corrected chi connectivity index (χ4v) is 1.27. The van der Waals surface area contributed by atoms with Crippen molar-refractivity contribution in [3.63, 3.8) is 0 Å². The fraction of sp³-hybridized carbons (Fsp3) is 0.900. The van der Waals surface area contributed by atoms with Gasteiger partial charge >= 0.3 is 5.97 Å². The molecule has 0 aromatic rings. The first kappa shape index (κ1) is 12.4. The molecule has 0 aromatic heterocycles. The van der Waals surface area contributed by atoms with Crippen molar-refractivity contribution in [2.75, 3.05) is 6.61 Å². The summed E-state index contributed by atoms with van der Waals surface area (Å²) in [5.74, 6) is -0.282. The van der Waals surface area contributed by atoms with Gasteiger partial charge in [0, 0.05) is 0 Å². The topological polar surface area (TPSA) is 46.5 Å². The maximum atomic E-state index is 11.4. The summed E-state index contributed by atoms with van der Waals surface area (Å²) in [6.45, 7) is 9.28. The van der Waals surface area contributed by atoms with Gasteiger partial charge in [-0.2, -0.15) is 0 Å². The van der Waals surface area contributed by atoms with E-state index < -0.39 is 11.5 Å². The molecular weight excluding hydrogens is 168 g/mol. The summed E-state index contributed by atoms with van der Waals surface area (Å²) in [7, 11) is 0. The lowest BCUT2D eigenvalue weighted by Gasteiger charge is -2.30. The number of ether oxygens (including phenoxy) is 1. The molecule has 0 saturated heterocycles. The number of hydrogen-bond donors (Lipinski definition) is 1. The molecule has 0 heterocycles. The summed E-state index contributed by atoms with van der Waals surface area (Å²) in [4.78, 5) is 11.4. The smallest absolute Gasteiger partial charge is 0.314 e. The van der Waals surface area contributed by atoms with Crippen molar-refractivity contribution in [2.24, 2.45) is 11.3 Å². The van der Waals surface area contributed by atoms with Gasteiger partial charge in [0.15, 0.2) is 0 Å². The first-order valence-corrected chi connectivity index (χ1v) is 4.69. The highest BCUT2D eigenvalue weighted by molar-refractivity contribution is 5.76. The van der Waals surface area contributed by atoms with Gasteiger partial charge in [-0.25, -0.2) is 0 Å². The van der Waals surface area contributed by atoms with Crippen LogP contribution in [0, 0.1) is 11.3 Å². The van der Waals surface area contributed by atoms with Crippen molar-refractivity contribution < 1.29 is 14.6 Å². The molecular formula is C10H20O3. The number of rotatable bonds is 4. The standard InChI is InChI=1S/C10H20O3/c1-6-13-9(12)10(4,5)8(11)7(2)3/h7-8,11H,6H2,1-5H3/t8-/m0/s1. The van der Waals surface area contributed by atoms with Crippen LogP contribution in [0.15, 0.2) is 0 Å². The Balaban J connectivity index is 4.45. The van der Waals surface area contributed by atoms with Crippen LogP contribution in [0.5, 0.6) is 0 Å². The van der Waals surface area contributed by atoms with Gasteiger partial charge < -0.3 is 9.84 Å². The minimum absolute atomic E-state index is 0.0550. The highest BCUT2D eigenvalue weighted by Crippen LogP contribution is 2.27. The first-order valence-electron chi connectivity index (χ1n) is 4.69. The normalized spacial score (nSPS) is 14.4. The summed E-state index contributed by atoms with van der Waals surface area (Å²) >= 11 is 0. The van der Waals surface area contributed by atoms with Gasteiger partial charge in [0.2, 0.25) is 0 Å². The predicted molar refractivity (Wildman–Crippen MR) is 51.3 cm³/mol. The van der Waals surface area contributed by atoms with E-state index in [1.54, 1.807) is 20.8 Å². The maximum Gasteiger partial charge on any atom is 0.314 e. The van der Waals surface area contributed by atoms with Gasteiger partial charge in [-0.15, -0.1) is 0 Å². The van der Waals surface area contributed by atoms with E-state index in [4.69, 9.17) is 4.74 Å². The van der Waals surface area contributed by atoms with E-state index in [2.05, 4.69) is 0 Å². The molecule has 0 aliphatic heterocycles. The van der Waals surface area contributed by atoms with Crippen molar-refractivity contribution in [2.45, 2.75) is 40.7 Å². The molecule has 0 aromatic carbocycles. The first-order chi connectivity index (χ1) is 5.84. The van der Waals surface area contributed by atoms with Gasteiger partial charge in [-0.1, -0.05) is 13.8 Å². The van der Waals surface area contributed by atoms with Crippen LogP contribution < -0.4 is 0 Å². The van der Waals surface area contributed by atoms with Crippen molar-refractivity contribution in [3.05, 3.63) is 0 Å². The number of aliphatic hydroxyl groups is 1. The maximum absolute atomic E-state index is 11.4. The Hall–Kier alpha value is -0.570. The van der Waals surface area contributed by atoms with E-state index in [1.807, 2.05) is 13.8 Å². The second-order valence-corrected chi connectivity index (χ2v) is 4.13. The Morgan fingerprint density at radius 3 is 2.23 bits per heavy atom. The van der Waals surface area contributed by atoms with Crippen LogP contribution in [0.4, 0.5) is 0 Å². The zero-order valence-electron chi connectivity index (χ0n) is 9.13. The SMILES string of the molecule is CCOC(=O)C(C)(C)[C@@H](O)C(C)C. The van der Waals surface area contributed by atoms with E-state index in [0.717, 1.165) is 0 Å². The quantitative estimate of drug-likeness (QED) is 0.681. The van der Waals surface area contributed by atoms with E-state index in [1.165, 1.54) is 0 Å². The van der Waals surface area contributed by atoms with Gasteiger partial charge in [0.1, 0.15) is 0 Å². The second kappa shape index (κ2) is 4.61. The number of esters is 1. The lowest BCUT2D eigenvalue weighted by Crippen LogP contribution is -2.41. The Labute approximate surface area is 80.1 Å². The van der Waals surface area contributed by atoms with E-state index in [9.17, 15) is 9.90 Å². The number of carbonyl (C=O) groups excluding carboxylic acids is 1. The molecule has 0 aliphatic rings. The fourth-order valence-electron chi connectivity index (χ4n) is 1.27. The molecule has 13 heavy (non-hydrogen) atoms. The van der Waals surface area contributed by atoms with Crippen molar-refractivity contribution in [3.8, 4) is 0 Å². The molecule has 78 valence electrons. The van der Waals surface area contributed by atoms with Gasteiger partial charge in [0.05, 0.1) is 18.1 Å². The lowest BCUT2D eigenvalue weighted by atomic mass is 9.81. The Morgan fingerprint density at radius 1 is 1.46 bits per heavy atom. The summed E-state index contributed by atoms with van der Waals surface area (Å²) < 4.78 is 4.88. The summed E-state index contributed by atoms with van der Waals surface area (Å²) in [6, 6.07) is 0. The molecule has 3 heteroatoms. The average Bonchev–Trinajstić information content (AvgIpc) is 2.03. The zero-order valence-corrected chi connectivity index (χ0v) is 9.13. The molecule has 0 spiro atoms. The van der Waals surface area contributed by atoms with Crippen molar-refractivity contribution in [1.82, 2.24) is 0 Å². The highest BCUT2D eigenvalue weighted by Gasteiger charge is 2.38. The van der Waals surface area contributed by atoms with Gasteiger partial charge in [-0.3, -0.25) is 4.79 Å². The van der Waals surface area contributed by atoms with Crippen LogP contribution in [0.2, 0.25) is 0 Å². The average molecular weight is 188 g/mol. The Kier molecular flexibility index (Phi) is 4.40.